The van der Waals surface area contributed by atoms with Crippen molar-refractivity contribution in [2.24, 2.45) is 7.05 Å². The first-order valence-electron chi connectivity index (χ1n) is 7.39. The normalized spacial score (nSPS) is 10.5. The average Bonchev–Trinajstić information content (AvgIpc) is 2.71. The topological polar surface area (TPSA) is 53.4 Å². The summed E-state index contributed by atoms with van der Waals surface area (Å²) in [6, 6.07) is 0. The Balaban J connectivity index is 0.00000441. The van der Waals surface area contributed by atoms with Crippen LogP contribution in [0.4, 0.5) is 5.82 Å². The van der Waals surface area contributed by atoms with E-state index in [2.05, 4.69) is 29.2 Å². The quantitative estimate of drug-likeness (QED) is 0.771. The number of hydrogen-bond acceptors (Lipinski definition) is 4. The third-order valence-corrected chi connectivity index (χ3v) is 3.43. The van der Waals surface area contributed by atoms with Gasteiger partial charge in [0.1, 0.15) is 5.82 Å². The van der Waals surface area contributed by atoms with E-state index in [0.717, 1.165) is 18.1 Å². The summed E-state index contributed by atoms with van der Waals surface area (Å²) in [6.07, 6.45) is 0.515. The molecule has 0 aliphatic heterocycles. The van der Waals surface area contributed by atoms with Crippen molar-refractivity contribution in [2.45, 2.75) is 32.7 Å². The Kier molecular flexibility index (Phi) is 8.48. The van der Waals surface area contributed by atoms with Crippen molar-refractivity contribution < 1.29 is 4.79 Å². The molecule has 0 aliphatic carbocycles. The van der Waals surface area contributed by atoms with Crippen molar-refractivity contribution in [1.29, 1.82) is 0 Å². The van der Waals surface area contributed by atoms with E-state index < -0.39 is 0 Å². The van der Waals surface area contributed by atoms with Gasteiger partial charge in [0.15, 0.2) is 0 Å². The molecule has 0 saturated heterocycles. The molecule has 1 rings (SSSR count). The highest BCUT2D eigenvalue weighted by molar-refractivity contribution is 5.85. The van der Waals surface area contributed by atoms with Gasteiger partial charge in [-0.2, -0.15) is 5.10 Å². The van der Waals surface area contributed by atoms with Crippen molar-refractivity contribution in [3.05, 3.63) is 11.3 Å². The van der Waals surface area contributed by atoms with E-state index in [1.807, 2.05) is 25.8 Å². The van der Waals surface area contributed by atoms with Crippen LogP contribution in [0, 0.1) is 0 Å². The highest BCUT2D eigenvalue weighted by Gasteiger charge is 2.19. The number of carbonyl (C=O) groups is 1. The molecule has 0 fully saturated rings. The van der Waals surface area contributed by atoms with Crippen LogP contribution >= 0.6 is 12.4 Å². The number of halogens is 1. The summed E-state index contributed by atoms with van der Waals surface area (Å²) in [5.41, 5.74) is 2.34. The number of rotatable bonds is 7. The van der Waals surface area contributed by atoms with Gasteiger partial charge in [0.2, 0.25) is 5.91 Å². The van der Waals surface area contributed by atoms with Crippen LogP contribution in [0.15, 0.2) is 0 Å². The Hall–Kier alpha value is -1.27. The fourth-order valence-corrected chi connectivity index (χ4v) is 2.40. The van der Waals surface area contributed by atoms with Gasteiger partial charge in [-0.05, 0) is 5.92 Å². The second-order valence-corrected chi connectivity index (χ2v) is 6.08. The number of nitrogens with zero attached hydrogens (tertiary/aromatic N) is 4. The summed E-state index contributed by atoms with van der Waals surface area (Å²) in [5, 5.41) is 8.00. The van der Waals surface area contributed by atoms with Crippen molar-refractivity contribution >= 4 is 24.1 Å². The van der Waals surface area contributed by atoms with Crippen LogP contribution in [0.25, 0.3) is 0 Å². The van der Waals surface area contributed by atoms with Gasteiger partial charge in [0, 0.05) is 60.3 Å². The third-order valence-electron chi connectivity index (χ3n) is 3.43. The van der Waals surface area contributed by atoms with Gasteiger partial charge in [-0.15, -0.1) is 12.4 Å². The number of nitrogens with one attached hydrogen (secondary N) is 1. The first-order chi connectivity index (χ1) is 9.75. The zero-order chi connectivity index (χ0) is 16.2. The average molecular weight is 332 g/mol. The third kappa shape index (κ3) is 5.18. The predicted molar refractivity (Wildman–Crippen MR) is 93.9 cm³/mol. The molecule has 1 amide bonds. The summed E-state index contributed by atoms with van der Waals surface area (Å²) in [7, 11) is 9.59. The molecule has 0 aliphatic rings. The number of amides is 1. The SMILES string of the molecule is CC(C)c1nn(C)c(N(C)C)c1CNCCC(=O)N(C)C.Cl. The fraction of sp³-hybridized carbons (Fsp3) is 0.733. The van der Waals surface area contributed by atoms with Gasteiger partial charge < -0.3 is 15.1 Å². The molecule has 0 radical (unpaired) electrons. The summed E-state index contributed by atoms with van der Waals surface area (Å²) in [4.78, 5) is 15.3. The van der Waals surface area contributed by atoms with E-state index in [1.165, 1.54) is 5.56 Å². The van der Waals surface area contributed by atoms with Gasteiger partial charge in [-0.1, -0.05) is 13.8 Å². The van der Waals surface area contributed by atoms with Crippen LogP contribution in [0.2, 0.25) is 0 Å². The fourth-order valence-electron chi connectivity index (χ4n) is 2.40. The van der Waals surface area contributed by atoms with E-state index in [1.54, 1.807) is 19.0 Å². The maximum Gasteiger partial charge on any atom is 0.223 e. The lowest BCUT2D eigenvalue weighted by atomic mass is 10.1. The lowest BCUT2D eigenvalue weighted by Gasteiger charge is -2.16. The minimum atomic E-state index is 0. The van der Waals surface area contributed by atoms with Crippen molar-refractivity contribution in [2.75, 3.05) is 39.6 Å². The lowest BCUT2D eigenvalue weighted by molar-refractivity contribution is -0.128. The highest BCUT2D eigenvalue weighted by Crippen LogP contribution is 2.26. The molecule has 0 atom stereocenters. The molecule has 6 nitrogen and oxygen atoms in total. The van der Waals surface area contributed by atoms with Gasteiger partial charge in [-0.3, -0.25) is 9.48 Å². The molecule has 128 valence electrons. The van der Waals surface area contributed by atoms with Crippen LogP contribution < -0.4 is 10.2 Å². The van der Waals surface area contributed by atoms with E-state index >= 15 is 0 Å². The minimum absolute atomic E-state index is 0. The summed E-state index contributed by atoms with van der Waals surface area (Å²) in [6.45, 7) is 5.72. The standard InChI is InChI=1S/C15H29N5O.ClH/c1-11(2)14-12(15(19(5)6)20(7)17-14)10-16-9-8-13(21)18(3)4;/h11,16H,8-10H2,1-7H3;1H. The van der Waals surface area contributed by atoms with E-state index in [0.29, 0.717) is 18.9 Å². The van der Waals surface area contributed by atoms with Crippen molar-refractivity contribution in [1.82, 2.24) is 20.0 Å². The molecule has 1 heterocycles. The molecule has 0 bridgehead atoms. The van der Waals surface area contributed by atoms with E-state index in [9.17, 15) is 4.79 Å². The number of carbonyl (C=O) groups excluding carboxylic acids is 1. The second kappa shape index (κ2) is 9.00. The summed E-state index contributed by atoms with van der Waals surface area (Å²) < 4.78 is 1.93. The van der Waals surface area contributed by atoms with Crippen LogP contribution in [-0.2, 0) is 18.4 Å². The van der Waals surface area contributed by atoms with Crippen LogP contribution in [0.1, 0.15) is 37.4 Å². The molecule has 0 unspecified atom stereocenters. The number of hydrogen-bond donors (Lipinski definition) is 1. The summed E-state index contributed by atoms with van der Waals surface area (Å²) >= 11 is 0. The predicted octanol–water partition coefficient (Wildman–Crippen LogP) is 1.60. The first kappa shape index (κ1) is 20.7. The number of anilines is 1. The van der Waals surface area contributed by atoms with E-state index in [4.69, 9.17) is 0 Å². The largest absolute Gasteiger partial charge is 0.363 e. The molecule has 1 N–H and O–H groups in total. The Labute approximate surface area is 140 Å². The van der Waals surface area contributed by atoms with E-state index in [-0.39, 0.29) is 18.3 Å². The van der Waals surface area contributed by atoms with Crippen molar-refractivity contribution in [3.8, 4) is 0 Å². The Morgan fingerprint density at radius 1 is 1.27 bits per heavy atom. The van der Waals surface area contributed by atoms with Gasteiger partial charge in [0.25, 0.3) is 0 Å². The zero-order valence-electron chi connectivity index (χ0n) is 14.8. The molecule has 0 spiro atoms. The van der Waals surface area contributed by atoms with Crippen LogP contribution in [0.5, 0.6) is 0 Å². The minimum Gasteiger partial charge on any atom is -0.363 e. The number of aromatic nitrogens is 2. The highest BCUT2D eigenvalue weighted by atomic mass is 35.5. The first-order valence-corrected chi connectivity index (χ1v) is 7.39. The second-order valence-electron chi connectivity index (χ2n) is 6.08. The van der Waals surface area contributed by atoms with Crippen LogP contribution in [-0.4, -0.2) is 55.3 Å². The summed E-state index contributed by atoms with van der Waals surface area (Å²) in [5.74, 6) is 1.64. The molecule has 1 aromatic rings. The number of aryl methyl sites for hydroxylation is 1. The zero-order valence-corrected chi connectivity index (χ0v) is 15.6. The Morgan fingerprint density at radius 3 is 2.32 bits per heavy atom. The lowest BCUT2D eigenvalue weighted by Crippen LogP contribution is -2.27. The molecular formula is C15H30ClN5O. The molecule has 7 heteroatoms. The molecular weight excluding hydrogens is 302 g/mol. The Morgan fingerprint density at radius 2 is 1.86 bits per heavy atom. The maximum absolute atomic E-state index is 11.6. The molecule has 0 aromatic carbocycles. The van der Waals surface area contributed by atoms with Gasteiger partial charge >= 0.3 is 0 Å². The molecule has 22 heavy (non-hydrogen) atoms. The maximum atomic E-state index is 11.6. The van der Waals surface area contributed by atoms with Crippen molar-refractivity contribution in [3.63, 3.8) is 0 Å². The van der Waals surface area contributed by atoms with Crippen LogP contribution in [0.3, 0.4) is 0 Å². The smallest absolute Gasteiger partial charge is 0.223 e. The van der Waals surface area contributed by atoms with Gasteiger partial charge in [0.05, 0.1) is 5.69 Å². The molecule has 1 aromatic heterocycles. The van der Waals surface area contributed by atoms with Gasteiger partial charge in [-0.25, -0.2) is 0 Å². The Bertz CT molecular complexity index is 483. The molecule has 0 saturated carbocycles. The monoisotopic (exact) mass is 331 g/mol.